The van der Waals surface area contributed by atoms with Crippen LogP contribution in [0.2, 0.25) is 0 Å². The maximum absolute atomic E-state index is 11.9. The molecule has 2 aliphatic heterocycles. The molecule has 0 amide bonds. The molecule has 0 N–H and O–H groups in total. The van der Waals surface area contributed by atoms with Gasteiger partial charge >= 0.3 is 0 Å². The average Bonchev–Trinajstić information content (AvgIpc) is 2.16. The Hall–Kier alpha value is -0.870. The van der Waals surface area contributed by atoms with Gasteiger partial charge in [0.1, 0.15) is 5.75 Å². The first-order valence-corrected chi connectivity index (χ1v) is 5.57. The van der Waals surface area contributed by atoms with Crippen molar-refractivity contribution in [2.45, 2.75) is 12.0 Å². The minimum atomic E-state index is -0.377. The summed E-state index contributed by atoms with van der Waals surface area (Å²) in [4.78, 5) is 11.9. The molecule has 0 aliphatic carbocycles. The molecule has 1 aromatic rings. The van der Waals surface area contributed by atoms with Crippen LogP contribution in [0, 0.1) is 0 Å². The lowest BCUT2D eigenvalue weighted by atomic mass is 9.88. The first-order valence-electron chi connectivity index (χ1n) is 4.78. The molecule has 2 aliphatic rings. The van der Waals surface area contributed by atoms with Gasteiger partial charge in [0, 0.05) is 4.47 Å². The van der Waals surface area contributed by atoms with E-state index in [-0.39, 0.29) is 11.4 Å². The Morgan fingerprint density at radius 1 is 1.33 bits per heavy atom. The van der Waals surface area contributed by atoms with E-state index in [9.17, 15) is 4.79 Å². The van der Waals surface area contributed by atoms with Gasteiger partial charge < -0.3 is 9.47 Å². The van der Waals surface area contributed by atoms with Crippen molar-refractivity contribution in [3.63, 3.8) is 0 Å². The van der Waals surface area contributed by atoms with Crippen LogP contribution in [0.1, 0.15) is 16.8 Å². The minimum absolute atomic E-state index is 0.140. The highest BCUT2D eigenvalue weighted by Crippen LogP contribution is 2.38. The largest absolute Gasteiger partial charge is 0.481 e. The third-order valence-corrected chi connectivity index (χ3v) is 3.27. The van der Waals surface area contributed by atoms with Crippen molar-refractivity contribution < 1.29 is 14.3 Å². The second-order valence-electron chi connectivity index (χ2n) is 4.02. The molecule has 3 nitrogen and oxygen atoms in total. The summed E-state index contributed by atoms with van der Waals surface area (Å²) in [7, 11) is 0. The Bertz CT molecular complexity index is 437. The van der Waals surface area contributed by atoms with Crippen LogP contribution in [0.3, 0.4) is 0 Å². The van der Waals surface area contributed by atoms with Crippen molar-refractivity contribution in [2.24, 2.45) is 0 Å². The van der Waals surface area contributed by atoms with Crippen LogP contribution in [0.5, 0.6) is 5.75 Å². The van der Waals surface area contributed by atoms with E-state index in [2.05, 4.69) is 15.9 Å². The summed E-state index contributed by atoms with van der Waals surface area (Å²) in [5.74, 6) is 0.818. The SMILES string of the molecule is O=C1CC2(COC2)Oc2ccc(Br)cc21. The molecule has 2 heterocycles. The molecule has 1 spiro atoms. The summed E-state index contributed by atoms with van der Waals surface area (Å²) >= 11 is 3.34. The van der Waals surface area contributed by atoms with E-state index in [0.29, 0.717) is 30.9 Å². The molecule has 0 saturated carbocycles. The number of carbonyl (C=O) groups is 1. The van der Waals surface area contributed by atoms with Crippen LogP contribution in [-0.4, -0.2) is 24.6 Å². The van der Waals surface area contributed by atoms with Gasteiger partial charge in [0.05, 0.1) is 25.2 Å². The number of Topliss-reactive ketones (excluding diaryl/α,β-unsaturated/α-hetero) is 1. The molecule has 0 aromatic heterocycles. The lowest BCUT2D eigenvalue weighted by Gasteiger charge is -2.43. The Morgan fingerprint density at radius 3 is 2.80 bits per heavy atom. The van der Waals surface area contributed by atoms with Crippen LogP contribution >= 0.6 is 15.9 Å². The molecule has 1 saturated heterocycles. The van der Waals surface area contributed by atoms with Gasteiger partial charge in [-0.1, -0.05) is 15.9 Å². The fourth-order valence-corrected chi connectivity index (χ4v) is 2.32. The molecule has 1 aromatic carbocycles. The maximum Gasteiger partial charge on any atom is 0.170 e. The quantitative estimate of drug-likeness (QED) is 0.724. The van der Waals surface area contributed by atoms with Gasteiger partial charge in [-0.25, -0.2) is 0 Å². The zero-order chi connectivity index (χ0) is 10.5. The summed E-state index contributed by atoms with van der Waals surface area (Å²) in [6.45, 7) is 1.04. The smallest absolute Gasteiger partial charge is 0.170 e. The Morgan fingerprint density at radius 2 is 2.13 bits per heavy atom. The van der Waals surface area contributed by atoms with E-state index in [1.165, 1.54) is 0 Å². The predicted molar refractivity (Wildman–Crippen MR) is 57.3 cm³/mol. The number of fused-ring (bicyclic) bond motifs is 1. The Labute approximate surface area is 95.5 Å². The molecular formula is C11H9BrO3. The number of ether oxygens (including phenoxy) is 2. The monoisotopic (exact) mass is 268 g/mol. The second-order valence-corrected chi connectivity index (χ2v) is 4.93. The molecule has 0 bridgehead atoms. The maximum atomic E-state index is 11.9. The van der Waals surface area contributed by atoms with Gasteiger partial charge in [0.15, 0.2) is 11.4 Å². The van der Waals surface area contributed by atoms with E-state index in [1.807, 2.05) is 18.2 Å². The summed E-state index contributed by atoms with van der Waals surface area (Å²) in [6, 6.07) is 5.52. The third kappa shape index (κ3) is 1.40. The highest BCUT2D eigenvalue weighted by atomic mass is 79.9. The van der Waals surface area contributed by atoms with Crippen LogP contribution in [0.4, 0.5) is 0 Å². The van der Waals surface area contributed by atoms with Crippen LogP contribution < -0.4 is 4.74 Å². The number of halogens is 1. The lowest BCUT2D eigenvalue weighted by Crippen LogP contribution is -2.57. The number of hydrogen-bond acceptors (Lipinski definition) is 3. The van der Waals surface area contributed by atoms with Crippen LogP contribution in [0.15, 0.2) is 22.7 Å². The molecule has 0 radical (unpaired) electrons. The molecule has 1 fully saturated rings. The number of carbonyl (C=O) groups excluding carboxylic acids is 1. The van der Waals surface area contributed by atoms with Crippen LogP contribution in [0.25, 0.3) is 0 Å². The molecule has 0 atom stereocenters. The molecular weight excluding hydrogens is 260 g/mol. The van der Waals surface area contributed by atoms with E-state index >= 15 is 0 Å². The zero-order valence-electron chi connectivity index (χ0n) is 7.96. The van der Waals surface area contributed by atoms with Crippen molar-refractivity contribution in [2.75, 3.05) is 13.2 Å². The standard InChI is InChI=1S/C11H9BrO3/c12-7-1-2-10-8(3-7)9(13)4-11(15-10)5-14-6-11/h1-3H,4-6H2. The van der Waals surface area contributed by atoms with Gasteiger partial charge in [0.2, 0.25) is 0 Å². The fraction of sp³-hybridized carbons (Fsp3) is 0.364. The van der Waals surface area contributed by atoms with E-state index in [4.69, 9.17) is 9.47 Å². The second kappa shape index (κ2) is 3.06. The molecule has 15 heavy (non-hydrogen) atoms. The number of benzene rings is 1. The first kappa shape index (κ1) is 9.36. The normalized spacial score (nSPS) is 21.8. The summed E-state index contributed by atoms with van der Waals surface area (Å²) in [5.41, 5.74) is 0.291. The van der Waals surface area contributed by atoms with Gasteiger partial charge in [-0.3, -0.25) is 4.79 Å². The van der Waals surface area contributed by atoms with E-state index < -0.39 is 0 Å². The van der Waals surface area contributed by atoms with Crippen LogP contribution in [-0.2, 0) is 4.74 Å². The summed E-state index contributed by atoms with van der Waals surface area (Å²) in [6.07, 6.45) is 0.427. The topological polar surface area (TPSA) is 35.5 Å². The third-order valence-electron chi connectivity index (χ3n) is 2.78. The lowest BCUT2D eigenvalue weighted by molar-refractivity contribution is -0.162. The zero-order valence-corrected chi connectivity index (χ0v) is 9.54. The van der Waals surface area contributed by atoms with Gasteiger partial charge in [0.25, 0.3) is 0 Å². The molecule has 4 heteroatoms. The highest BCUT2D eigenvalue weighted by molar-refractivity contribution is 9.10. The van der Waals surface area contributed by atoms with Crippen molar-refractivity contribution in [1.29, 1.82) is 0 Å². The molecule has 3 rings (SSSR count). The first-order chi connectivity index (χ1) is 7.19. The Kier molecular flexibility index (Phi) is 1.91. The van der Waals surface area contributed by atoms with Gasteiger partial charge in [-0.15, -0.1) is 0 Å². The van der Waals surface area contributed by atoms with Crippen molar-refractivity contribution in [3.05, 3.63) is 28.2 Å². The average molecular weight is 269 g/mol. The van der Waals surface area contributed by atoms with Crippen molar-refractivity contribution in [3.8, 4) is 5.75 Å². The number of hydrogen-bond donors (Lipinski definition) is 0. The van der Waals surface area contributed by atoms with Gasteiger partial charge in [-0.2, -0.15) is 0 Å². The van der Waals surface area contributed by atoms with Crippen molar-refractivity contribution in [1.82, 2.24) is 0 Å². The molecule has 0 unspecified atom stereocenters. The van der Waals surface area contributed by atoms with Crippen molar-refractivity contribution >= 4 is 21.7 Å². The highest BCUT2D eigenvalue weighted by Gasteiger charge is 2.46. The van der Waals surface area contributed by atoms with E-state index in [0.717, 1.165) is 4.47 Å². The summed E-state index contributed by atoms with van der Waals surface area (Å²) < 4.78 is 11.8. The van der Waals surface area contributed by atoms with Gasteiger partial charge in [-0.05, 0) is 18.2 Å². The Balaban J connectivity index is 2.04. The molecule has 78 valence electrons. The summed E-state index contributed by atoms with van der Waals surface area (Å²) in [5, 5.41) is 0. The number of rotatable bonds is 0. The number of ketones is 1. The van der Waals surface area contributed by atoms with E-state index in [1.54, 1.807) is 0 Å². The predicted octanol–water partition coefficient (Wildman–Crippen LogP) is 2.18. The minimum Gasteiger partial charge on any atom is -0.481 e. The fourth-order valence-electron chi connectivity index (χ4n) is 1.96.